The van der Waals surface area contributed by atoms with E-state index in [1.807, 2.05) is 22.6 Å². The molecule has 1 heterocycles. The number of halogens is 4. The van der Waals surface area contributed by atoms with E-state index in [-0.39, 0.29) is 0 Å². The maximum Gasteiger partial charge on any atom is 0.273 e. The van der Waals surface area contributed by atoms with E-state index < -0.39 is 17.3 Å². The SMILES string of the molecule is CC(F)(F)c1cc(I)c2c(c1F)CCNC2. The fraction of sp³-hybridized carbons (Fsp3) is 0.455. The van der Waals surface area contributed by atoms with Gasteiger partial charge in [-0.15, -0.1) is 0 Å². The number of alkyl halides is 2. The first-order chi connectivity index (χ1) is 7.41. The quantitative estimate of drug-likeness (QED) is 0.774. The third-order valence-corrected chi connectivity index (χ3v) is 3.71. The summed E-state index contributed by atoms with van der Waals surface area (Å²) < 4.78 is 41.0. The van der Waals surface area contributed by atoms with Crippen LogP contribution >= 0.6 is 22.6 Å². The van der Waals surface area contributed by atoms with Gasteiger partial charge in [-0.25, -0.2) is 13.2 Å². The van der Waals surface area contributed by atoms with Crippen molar-refractivity contribution in [2.24, 2.45) is 0 Å². The highest BCUT2D eigenvalue weighted by Crippen LogP contribution is 2.35. The van der Waals surface area contributed by atoms with Gasteiger partial charge in [-0.05, 0) is 52.7 Å². The molecule has 1 aromatic carbocycles. The highest BCUT2D eigenvalue weighted by atomic mass is 127. The van der Waals surface area contributed by atoms with E-state index >= 15 is 0 Å². The zero-order valence-electron chi connectivity index (χ0n) is 8.71. The minimum atomic E-state index is -3.12. The second-order valence-corrected chi connectivity index (χ2v) is 5.15. The maximum absolute atomic E-state index is 13.9. The molecular weight excluding hydrogens is 330 g/mol. The molecule has 0 amide bonds. The van der Waals surface area contributed by atoms with Crippen molar-refractivity contribution in [2.75, 3.05) is 6.54 Å². The summed E-state index contributed by atoms with van der Waals surface area (Å²) in [5.41, 5.74) is 0.775. The first-order valence-electron chi connectivity index (χ1n) is 5.00. The molecule has 0 saturated carbocycles. The van der Waals surface area contributed by atoms with E-state index in [2.05, 4.69) is 5.32 Å². The van der Waals surface area contributed by atoms with Crippen LogP contribution in [0.15, 0.2) is 6.07 Å². The summed E-state index contributed by atoms with van der Waals surface area (Å²) in [6, 6.07) is 1.25. The van der Waals surface area contributed by atoms with Gasteiger partial charge in [0.15, 0.2) is 0 Å². The Kier molecular flexibility index (Phi) is 3.18. The second kappa shape index (κ2) is 4.18. The van der Waals surface area contributed by atoms with E-state index in [0.717, 1.165) is 12.5 Å². The predicted molar refractivity (Wildman–Crippen MR) is 64.1 cm³/mol. The fourth-order valence-corrected chi connectivity index (χ4v) is 2.74. The molecule has 0 atom stereocenters. The van der Waals surface area contributed by atoms with Crippen molar-refractivity contribution in [1.29, 1.82) is 0 Å². The van der Waals surface area contributed by atoms with Gasteiger partial charge in [-0.2, -0.15) is 0 Å². The van der Waals surface area contributed by atoms with Crippen molar-refractivity contribution in [3.8, 4) is 0 Å². The molecule has 1 aliphatic rings. The van der Waals surface area contributed by atoms with Gasteiger partial charge in [0.2, 0.25) is 0 Å². The van der Waals surface area contributed by atoms with Crippen molar-refractivity contribution in [1.82, 2.24) is 5.32 Å². The molecule has 1 nitrogen and oxygen atoms in total. The Labute approximate surface area is 106 Å². The minimum absolute atomic E-state index is 0.446. The van der Waals surface area contributed by atoms with Crippen LogP contribution in [0.3, 0.4) is 0 Å². The average Bonchev–Trinajstić information content (AvgIpc) is 2.22. The van der Waals surface area contributed by atoms with Crippen LogP contribution in [-0.2, 0) is 18.9 Å². The van der Waals surface area contributed by atoms with Crippen molar-refractivity contribution >= 4 is 22.6 Å². The Bertz CT molecular complexity index is 426. The molecule has 0 radical (unpaired) electrons. The van der Waals surface area contributed by atoms with E-state index in [4.69, 9.17) is 0 Å². The van der Waals surface area contributed by atoms with Gasteiger partial charge in [0.25, 0.3) is 5.92 Å². The number of benzene rings is 1. The van der Waals surface area contributed by atoms with E-state index in [0.29, 0.717) is 28.6 Å². The predicted octanol–water partition coefficient (Wildman–Crippen LogP) is 3.19. The Morgan fingerprint density at radius 1 is 1.38 bits per heavy atom. The number of hydrogen-bond acceptors (Lipinski definition) is 1. The van der Waals surface area contributed by atoms with Crippen LogP contribution in [0.5, 0.6) is 0 Å². The largest absolute Gasteiger partial charge is 0.312 e. The summed E-state index contributed by atoms with van der Waals surface area (Å²) in [4.78, 5) is 0. The Morgan fingerprint density at radius 2 is 2.06 bits per heavy atom. The average molecular weight is 341 g/mol. The van der Waals surface area contributed by atoms with Crippen LogP contribution in [0.4, 0.5) is 13.2 Å². The number of nitrogens with one attached hydrogen (secondary N) is 1. The van der Waals surface area contributed by atoms with Gasteiger partial charge < -0.3 is 5.32 Å². The molecule has 0 saturated heterocycles. The second-order valence-electron chi connectivity index (χ2n) is 3.99. The van der Waals surface area contributed by atoms with Gasteiger partial charge in [-0.1, -0.05) is 0 Å². The van der Waals surface area contributed by atoms with E-state index in [9.17, 15) is 13.2 Å². The third kappa shape index (κ3) is 2.07. The summed E-state index contributed by atoms with van der Waals surface area (Å²) >= 11 is 1.99. The zero-order valence-corrected chi connectivity index (χ0v) is 10.9. The molecule has 0 aliphatic carbocycles. The highest BCUT2D eigenvalue weighted by Gasteiger charge is 2.32. The first kappa shape index (κ1) is 12.2. The Hall–Kier alpha value is -0.300. The van der Waals surface area contributed by atoms with Crippen molar-refractivity contribution in [2.45, 2.75) is 25.8 Å². The lowest BCUT2D eigenvalue weighted by atomic mass is 9.95. The topological polar surface area (TPSA) is 12.0 Å². The molecule has 16 heavy (non-hydrogen) atoms. The summed E-state index contributed by atoms with van der Waals surface area (Å²) in [5, 5.41) is 3.11. The lowest BCUT2D eigenvalue weighted by molar-refractivity contribution is 0.0134. The van der Waals surface area contributed by atoms with E-state index in [1.165, 1.54) is 6.07 Å². The summed E-state index contributed by atoms with van der Waals surface area (Å²) in [5.74, 6) is -3.85. The van der Waals surface area contributed by atoms with E-state index in [1.54, 1.807) is 0 Å². The minimum Gasteiger partial charge on any atom is -0.312 e. The van der Waals surface area contributed by atoms with Gasteiger partial charge in [0.1, 0.15) is 5.82 Å². The molecular formula is C11H11F3IN. The molecule has 0 unspecified atom stereocenters. The van der Waals surface area contributed by atoms with Crippen molar-refractivity contribution in [3.63, 3.8) is 0 Å². The maximum atomic E-state index is 13.9. The molecule has 2 rings (SSSR count). The first-order valence-corrected chi connectivity index (χ1v) is 6.08. The lowest BCUT2D eigenvalue weighted by Crippen LogP contribution is -2.27. The van der Waals surface area contributed by atoms with Crippen LogP contribution in [0.2, 0.25) is 0 Å². The number of fused-ring (bicyclic) bond motifs is 1. The molecule has 0 bridgehead atoms. The van der Waals surface area contributed by atoms with Crippen molar-refractivity contribution in [3.05, 3.63) is 32.1 Å². The zero-order chi connectivity index (χ0) is 11.9. The molecule has 0 spiro atoms. The Morgan fingerprint density at radius 3 is 2.69 bits per heavy atom. The molecule has 1 aliphatic heterocycles. The summed E-state index contributed by atoms with van der Waals surface area (Å²) in [6.45, 7) is 1.92. The van der Waals surface area contributed by atoms with Crippen molar-refractivity contribution < 1.29 is 13.2 Å². The Balaban J connectivity index is 2.63. The molecule has 88 valence electrons. The highest BCUT2D eigenvalue weighted by molar-refractivity contribution is 14.1. The van der Waals surface area contributed by atoms with Crippen LogP contribution < -0.4 is 5.32 Å². The van der Waals surface area contributed by atoms with Crippen LogP contribution in [0.1, 0.15) is 23.6 Å². The van der Waals surface area contributed by atoms with Crippen LogP contribution in [0.25, 0.3) is 0 Å². The molecule has 0 fully saturated rings. The van der Waals surface area contributed by atoms with Crippen LogP contribution in [-0.4, -0.2) is 6.54 Å². The number of rotatable bonds is 1. The van der Waals surface area contributed by atoms with Gasteiger partial charge in [0, 0.05) is 17.0 Å². The molecule has 5 heteroatoms. The normalized spacial score (nSPS) is 16.1. The monoisotopic (exact) mass is 341 g/mol. The molecule has 1 N–H and O–H groups in total. The molecule has 0 aromatic heterocycles. The van der Waals surface area contributed by atoms with Gasteiger partial charge in [0.05, 0.1) is 5.56 Å². The summed E-state index contributed by atoms with van der Waals surface area (Å²) in [7, 11) is 0. The smallest absolute Gasteiger partial charge is 0.273 e. The lowest BCUT2D eigenvalue weighted by Gasteiger charge is -2.23. The summed E-state index contributed by atoms with van der Waals surface area (Å²) in [6.07, 6.45) is 0.473. The fourth-order valence-electron chi connectivity index (χ4n) is 1.91. The number of hydrogen-bond donors (Lipinski definition) is 1. The van der Waals surface area contributed by atoms with Gasteiger partial charge >= 0.3 is 0 Å². The third-order valence-electron chi connectivity index (χ3n) is 2.75. The van der Waals surface area contributed by atoms with Gasteiger partial charge in [-0.3, -0.25) is 0 Å². The molecule has 1 aromatic rings. The van der Waals surface area contributed by atoms with Crippen LogP contribution in [0, 0.1) is 9.39 Å². The standard InChI is InChI=1S/C11H11F3IN/c1-11(13,14)8-4-9(15)7-5-16-3-2-6(7)10(8)12/h4,16H,2-3,5H2,1H3.